The van der Waals surface area contributed by atoms with Crippen molar-refractivity contribution in [3.63, 3.8) is 0 Å². The summed E-state index contributed by atoms with van der Waals surface area (Å²) in [7, 11) is 0. The second-order valence-corrected chi connectivity index (χ2v) is 4.60. The minimum Gasteiger partial charge on any atom is -0.508 e. The van der Waals surface area contributed by atoms with Crippen LogP contribution in [0.4, 0.5) is 10.2 Å². The van der Waals surface area contributed by atoms with Crippen LogP contribution in [0.1, 0.15) is 18.9 Å². The predicted molar refractivity (Wildman–Crippen MR) is 73.7 cm³/mol. The van der Waals surface area contributed by atoms with E-state index in [0.717, 1.165) is 12.8 Å². The van der Waals surface area contributed by atoms with Gasteiger partial charge in [0.05, 0.1) is 0 Å². The van der Waals surface area contributed by atoms with E-state index >= 15 is 0 Å². The zero-order valence-electron chi connectivity index (χ0n) is 10.8. The third-order valence-electron chi connectivity index (χ3n) is 2.91. The van der Waals surface area contributed by atoms with E-state index in [2.05, 4.69) is 10.3 Å². The number of aryl methyl sites for hydroxylation is 1. The first kappa shape index (κ1) is 13.3. The molecular weight excluding hydrogens is 243 g/mol. The number of benzene rings is 1. The molecule has 3 nitrogen and oxygen atoms in total. The maximum absolute atomic E-state index is 12.9. The molecule has 0 saturated carbocycles. The summed E-state index contributed by atoms with van der Waals surface area (Å²) in [4.78, 5) is 3.77. The highest BCUT2D eigenvalue weighted by Gasteiger charge is 2.04. The van der Waals surface area contributed by atoms with Crippen molar-refractivity contribution < 1.29 is 9.50 Å². The van der Waals surface area contributed by atoms with Crippen molar-refractivity contribution in [3.05, 3.63) is 54.0 Å². The molecule has 0 bridgehead atoms. The van der Waals surface area contributed by atoms with Gasteiger partial charge in [0.2, 0.25) is 5.95 Å². The van der Waals surface area contributed by atoms with Crippen LogP contribution < -0.4 is 5.32 Å². The Morgan fingerprint density at radius 1 is 1.21 bits per heavy atom. The molecule has 0 saturated heterocycles. The first-order valence-corrected chi connectivity index (χ1v) is 6.30. The van der Waals surface area contributed by atoms with E-state index in [4.69, 9.17) is 0 Å². The van der Waals surface area contributed by atoms with Crippen LogP contribution in [0.3, 0.4) is 0 Å². The maximum atomic E-state index is 12.9. The topological polar surface area (TPSA) is 45.1 Å². The number of nitrogens with zero attached hydrogens (tertiary/aromatic N) is 1. The lowest BCUT2D eigenvalue weighted by Gasteiger charge is -2.14. The van der Waals surface area contributed by atoms with Gasteiger partial charge in [-0.25, -0.2) is 4.98 Å². The summed E-state index contributed by atoms with van der Waals surface area (Å²) in [6.07, 6.45) is 1.80. The zero-order chi connectivity index (χ0) is 13.7. The third kappa shape index (κ3) is 4.25. The van der Waals surface area contributed by atoms with Gasteiger partial charge >= 0.3 is 0 Å². The number of phenolic OH excluding ortho intramolecular Hbond substituents is 1. The standard InChI is InChI=1S/C15H17FN2O/c1-11(17-15-4-2-3-14(16)18-15)5-6-12-7-9-13(19)10-8-12/h2-4,7-11,19H,5-6H2,1H3,(H,17,18). The quantitative estimate of drug-likeness (QED) is 0.810. The first-order valence-electron chi connectivity index (χ1n) is 6.30. The lowest BCUT2D eigenvalue weighted by atomic mass is 10.1. The van der Waals surface area contributed by atoms with E-state index in [-0.39, 0.29) is 11.8 Å². The van der Waals surface area contributed by atoms with Crippen LogP contribution in [-0.2, 0) is 6.42 Å². The number of rotatable bonds is 5. The van der Waals surface area contributed by atoms with Crippen molar-refractivity contribution in [1.82, 2.24) is 4.98 Å². The highest BCUT2D eigenvalue weighted by atomic mass is 19.1. The third-order valence-corrected chi connectivity index (χ3v) is 2.91. The Bertz CT molecular complexity index is 528. The molecule has 4 heteroatoms. The van der Waals surface area contributed by atoms with Crippen molar-refractivity contribution in [2.24, 2.45) is 0 Å². The SMILES string of the molecule is CC(CCc1ccc(O)cc1)Nc1cccc(F)n1. The molecule has 1 aromatic heterocycles. The lowest BCUT2D eigenvalue weighted by molar-refractivity contribution is 0.475. The lowest BCUT2D eigenvalue weighted by Crippen LogP contribution is -2.17. The number of hydrogen-bond acceptors (Lipinski definition) is 3. The Hall–Kier alpha value is -2.10. The molecule has 1 aromatic carbocycles. The van der Waals surface area contributed by atoms with Crippen molar-refractivity contribution in [2.75, 3.05) is 5.32 Å². The number of hydrogen-bond donors (Lipinski definition) is 2. The molecule has 1 atom stereocenters. The highest BCUT2D eigenvalue weighted by Crippen LogP contribution is 2.13. The number of anilines is 1. The number of aromatic nitrogens is 1. The maximum Gasteiger partial charge on any atom is 0.214 e. The molecule has 0 aliphatic rings. The molecule has 0 amide bonds. The molecule has 2 aromatic rings. The van der Waals surface area contributed by atoms with Gasteiger partial charge in [0.15, 0.2) is 0 Å². The van der Waals surface area contributed by atoms with Crippen LogP contribution >= 0.6 is 0 Å². The van der Waals surface area contributed by atoms with Crippen LogP contribution in [0.2, 0.25) is 0 Å². The van der Waals surface area contributed by atoms with E-state index in [9.17, 15) is 9.50 Å². The molecule has 0 aliphatic carbocycles. The van der Waals surface area contributed by atoms with E-state index in [1.54, 1.807) is 24.3 Å². The largest absolute Gasteiger partial charge is 0.508 e. The first-order chi connectivity index (χ1) is 9.13. The number of nitrogens with one attached hydrogen (secondary N) is 1. The van der Waals surface area contributed by atoms with Crippen LogP contribution in [-0.4, -0.2) is 16.1 Å². The average Bonchev–Trinajstić information content (AvgIpc) is 2.38. The normalized spacial score (nSPS) is 12.1. The molecule has 0 fully saturated rings. The van der Waals surface area contributed by atoms with Gasteiger partial charge in [0, 0.05) is 6.04 Å². The molecule has 2 N–H and O–H groups in total. The van der Waals surface area contributed by atoms with E-state index in [1.165, 1.54) is 11.6 Å². The smallest absolute Gasteiger partial charge is 0.214 e. The monoisotopic (exact) mass is 260 g/mol. The van der Waals surface area contributed by atoms with Gasteiger partial charge in [0.25, 0.3) is 0 Å². The van der Waals surface area contributed by atoms with Crippen molar-refractivity contribution >= 4 is 5.82 Å². The van der Waals surface area contributed by atoms with Crippen molar-refractivity contribution in [3.8, 4) is 5.75 Å². The van der Waals surface area contributed by atoms with E-state index in [1.807, 2.05) is 19.1 Å². The van der Waals surface area contributed by atoms with Crippen LogP contribution in [0.15, 0.2) is 42.5 Å². The Morgan fingerprint density at radius 3 is 2.63 bits per heavy atom. The summed E-state index contributed by atoms with van der Waals surface area (Å²) in [5, 5.41) is 12.4. The van der Waals surface area contributed by atoms with Crippen molar-refractivity contribution in [2.45, 2.75) is 25.8 Å². The molecule has 1 unspecified atom stereocenters. The fraction of sp³-hybridized carbons (Fsp3) is 0.267. The number of halogens is 1. The molecule has 0 aliphatic heterocycles. The molecule has 2 rings (SSSR count). The molecule has 0 spiro atoms. The second-order valence-electron chi connectivity index (χ2n) is 4.60. The second kappa shape index (κ2) is 6.18. The van der Waals surface area contributed by atoms with Gasteiger partial charge in [-0.1, -0.05) is 18.2 Å². The number of pyridine rings is 1. The molecule has 19 heavy (non-hydrogen) atoms. The summed E-state index contributed by atoms with van der Waals surface area (Å²) in [5.74, 6) is 0.354. The summed E-state index contributed by atoms with van der Waals surface area (Å²) >= 11 is 0. The zero-order valence-corrected chi connectivity index (χ0v) is 10.8. The van der Waals surface area contributed by atoms with E-state index in [0.29, 0.717) is 5.82 Å². The summed E-state index contributed by atoms with van der Waals surface area (Å²) in [6, 6.07) is 12.1. The molecule has 1 heterocycles. The average molecular weight is 260 g/mol. The summed E-state index contributed by atoms with van der Waals surface area (Å²) < 4.78 is 12.9. The Morgan fingerprint density at radius 2 is 1.95 bits per heavy atom. The summed E-state index contributed by atoms with van der Waals surface area (Å²) in [5.41, 5.74) is 1.17. The van der Waals surface area contributed by atoms with Gasteiger partial charge in [-0.2, -0.15) is 4.39 Å². The minimum absolute atomic E-state index is 0.197. The van der Waals surface area contributed by atoms with Crippen molar-refractivity contribution in [1.29, 1.82) is 0 Å². The fourth-order valence-corrected chi connectivity index (χ4v) is 1.86. The van der Waals surface area contributed by atoms with Gasteiger partial charge in [-0.15, -0.1) is 0 Å². The van der Waals surface area contributed by atoms with E-state index < -0.39 is 5.95 Å². The van der Waals surface area contributed by atoms with Crippen LogP contribution in [0, 0.1) is 5.95 Å². The van der Waals surface area contributed by atoms with Gasteiger partial charge in [0.1, 0.15) is 11.6 Å². The van der Waals surface area contributed by atoms with Gasteiger partial charge in [-0.05, 0) is 49.6 Å². The van der Waals surface area contributed by atoms with Gasteiger partial charge < -0.3 is 10.4 Å². The summed E-state index contributed by atoms with van der Waals surface area (Å²) in [6.45, 7) is 2.03. The molecular formula is C15H17FN2O. The molecule has 100 valence electrons. The number of aromatic hydroxyl groups is 1. The Kier molecular flexibility index (Phi) is 4.34. The van der Waals surface area contributed by atoms with Crippen LogP contribution in [0.25, 0.3) is 0 Å². The fourth-order valence-electron chi connectivity index (χ4n) is 1.86. The predicted octanol–water partition coefficient (Wildman–Crippen LogP) is 3.36. The minimum atomic E-state index is -0.476. The highest BCUT2D eigenvalue weighted by molar-refractivity contribution is 5.34. The van der Waals surface area contributed by atoms with Crippen LogP contribution in [0.5, 0.6) is 5.75 Å². The molecule has 0 radical (unpaired) electrons. The Balaban J connectivity index is 1.84. The number of phenols is 1. The Labute approximate surface area is 112 Å². The van der Waals surface area contributed by atoms with Gasteiger partial charge in [-0.3, -0.25) is 0 Å².